The van der Waals surface area contributed by atoms with Crippen LogP contribution >= 0.6 is 0 Å². The van der Waals surface area contributed by atoms with Crippen LogP contribution in [0.3, 0.4) is 0 Å². The van der Waals surface area contributed by atoms with Crippen molar-refractivity contribution in [1.82, 2.24) is 4.98 Å². The third-order valence-corrected chi connectivity index (χ3v) is 2.81. The van der Waals surface area contributed by atoms with Gasteiger partial charge >= 0.3 is 0 Å². The lowest BCUT2D eigenvalue weighted by Gasteiger charge is -2.17. The molecule has 0 saturated carbocycles. The Morgan fingerprint density at radius 1 is 1.59 bits per heavy atom. The Bertz CT molecular complexity index is 342. The number of anilines is 1. The summed E-state index contributed by atoms with van der Waals surface area (Å²) in [6, 6.07) is 4.06. The monoisotopic (exact) mass is 238 g/mol. The number of aromatic nitrogens is 1. The molecule has 2 N–H and O–H groups in total. The van der Waals surface area contributed by atoms with Gasteiger partial charge in [-0.05, 0) is 19.4 Å². The minimum Gasteiger partial charge on any atom is -0.475 e. The van der Waals surface area contributed by atoms with E-state index >= 15 is 0 Å². The smallest absolute Gasteiger partial charge is 0.213 e. The van der Waals surface area contributed by atoms with Crippen LogP contribution in [0.5, 0.6) is 5.88 Å². The highest BCUT2D eigenvalue weighted by molar-refractivity contribution is 5.43. The van der Waals surface area contributed by atoms with Crippen LogP contribution in [-0.4, -0.2) is 42.1 Å². The van der Waals surface area contributed by atoms with Crippen LogP contribution in [0.15, 0.2) is 18.3 Å². The zero-order valence-corrected chi connectivity index (χ0v) is 9.93. The van der Waals surface area contributed by atoms with Gasteiger partial charge < -0.3 is 19.9 Å². The fourth-order valence-electron chi connectivity index (χ4n) is 1.84. The van der Waals surface area contributed by atoms with Crippen molar-refractivity contribution in [3.05, 3.63) is 18.3 Å². The van der Waals surface area contributed by atoms with E-state index in [9.17, 15) is 0 Å². The summed E-state index contributed by atoms with van der Waals surface area (Å²) >= 11 is 0. The molecule has 17 heavy (non-hydrogen) atoms. The third kappa shape index (κ3) is 3.31. The molecule has 1 aliphatic heterocycles. The Balaban J connectivity index is 1.89. The molecule has 1 aromatic rings. The first-order valence-electron chi connectivity index (χ1n) is 5.87. The van der Waals surface area contributed by atoms with E-state index < -0.39 is 0 Å². The highest BCUT2D eigenvalue weighted by Crippen LogP contribution is 2.19. The fraction of sp³-hybridized carbons (Fsp3) is 0.583. The van der Waals surface area contributed by atoms with Gasteiger partial charge in [0.25, 0.3) is 0 Å². The molecule has 2 unspecified atom stereocenters. The number of pyridine rings is 1. The van der Waals surface area contributed by atoms with Gasteiger partial charge in [-0.3, -0.25) is 0 Å². The van der Waals surface area contributed by atoms with Gasteiger partial charge in [0.05, 0.1) is 30.6 Å². The second kappa shape index (κ2) is 5.84. The maximum atomic E-state index is 8.62. The maximum absolute atomic E-state index is 8.62. The van der Waals surface area contributed by atoms with E-state index in [2.05, 4.69) is 17.2 Å². The lowest BCUT2D eigenvalue weighted by molar-refractivity contribution is 0.121. The molecule has 2 heterocycles. The molecule has 0 bridgehead atoms. The molecule has 1 aliphatic rings. The summed E-state index contributed by atoms with van der Waals surface area (Å²) in [6.07, 6.45) is 2.99. The Morgan fingerprint density at radius 3 is 3.06 bits per heavy atom. The standard InChI is InChI=1S/C12H18N2O3/c1-9-11(4-6-16-9)14-10-2-3-12(13-8-10)17-7-5-15/h2-3,8-9,11,14-15H,4-7H2,1H3. The molecule has 5 nitrogen and oxygen atoms in total. The zero-order valence-electron chi connectivity index (χ0n) is 9.93. The molecule has 2 atom stereocenters. The number of hydrogen-bond donors (Lipinski definition) is 2. The van der Waals surface area contributed by atoms with Crippen molar-refractivity contribution < 1.29 is 14.6 Å². The third-order valence-electron chi connectivity index (χ3n) is 2.81. The molecule has 1 aromatic heterocycles. The van der Waals surface area contributed by atoms with Gasteiger partial charge in [-0.1, -0.05) is 0 Å². The Hall–Kier alpha value is -1.33. The van der Waals surface area contributed by atoms with E-state index in [-0.39, 0.29) is 19.3 Å². The van der Waals surface area contributed by atoms with Crippen molar-refractivity contribution >= 4 is 5.69 Å². The second-order valence-corrected chi connectivity index (χ2v) is 4.07. The molecule has 1 saturated heterocycles. The Morgan fingerprint density at radius 2 is 2.47 bits per heavy atom. The molecule has 0 amide bonds. The molecular formula is C12H18N2O3. The molecule has 2 rings (SSSR count). The fourth-order valence-corrected chi connectivity index (χ4v) is 1.84. The number of rotatable bonds is 5. The second-order valence-electron chi connectivity index (χ2n) is 4.07. The number of nitrogens with one attached hydrogen (secondary N) is 1. The molecule has 0 radical (unpaired) electrons. The number of aliphatic hydroxyl groups excluding tert-OH is 1. The summed E-state index contributed by atoms with van der Waals surface area (Å²) in [7, 11) is 0. The van der Waals surface area contributed by atoms with Gasteiger partial charge in [0.2, 0.25) is 5.88 Å². The van der Waals surface area contributed by atoms with Crippen LogP contribution in [0.4, 0.5) is 5.69 Å². The van der Waals surface area contributed by atoms with E-state index in [1.807, 2.05) is 6.07 Å². The topological polar surface area (TPSA) is 63.6 Å². The van der Waals surface area contributed by atoms with Crippen molar-refractivity contribution in [3.8, 4) is 5.88 Å². The molecule has 0 aliphatic carbocycles. The molecular weight excluding hydrogens is 220 g/mol. The van der Waals surface area contributed by atoms with Gasteiger partial charge in [-0.15, -0.1) is 0 Å². The molecule has 1 fully saturated rings. The van der Waals surface area contributed by atoms with E-state index in [1.165, 1.54) is 0 Å². The summed E-state index contributed by atoms with van der Waals surface area (Å²) in [5.74, 6) is 0.528. The number of nitrogens with zero attached hydrogens (tertiary/aromatic N) is 1. The predicted octanol–water partition coefficient (Wildman–Crippen LogP) is 1.04. The van der Waals surface area contributed by atoms with Crippen LogP contribution in [0.25, 0.3) is 0 Å². The summed E-state index contributed by atoms with van der Waals surface area (Å²) in [5.41, 5.74) is 0.962. The minimum atomic E-state index is -0.00138. The van der Waals surface area contributed by atoms with Crippen molar-refractivity contribution in [2.45, 2.75) is 25.5 Å². The number of hydrogen-bond acceptors (Lipinski definition) is 5. The summed E-state index contributed by atoms with van der Waals surface area (Å²) in [4.78, 5) is 4.15. The molecule has 0 aromatic carbocycles. The Kier molecular flexibility index (Phi) is 4.17. The van der Waals surface area contributed by atoms with Crippen LogP contribution in [-0.2, 0) is 4.74 Å². The molecule has 0 spiro atoms. The highest BCUT2D eigenvalue weighted by Gasteiger charge is 2.23. The summed E-state index contributed by atoms with van der Waals surface area (Å²) < 4.78 is 10.7. The zero-order chi connectivity index (χ0) is 12.1. The van der Waals surface area contributed by atoms with E-state index in [0.29, 0.717) is 11.9 Å². The first-order valence-corrected chi connectivity index (χ1v) is 5.87. The van der Waals surface area contributed by atoms with Crippen LogP contribution in [0, 0.1) is 0 Å². The van der Waals surface area contributed by atoms with E-state index in [1.54, 1.807) is 12.3 Å². The van der Waals surface area contributed by atoms with Gasteiger partial charge in [-0.25, -0.2) is 4.98 Å². The number of ether oxygens (including phenoxy) is 2. The minimum absolute atomic E-state index is 0.00138. The SMILES string of the molecule is CC1OCCC1Nc1ccc(OCCO)nc1. The van der Waals surface area contributed by atoms with Crippen molar-refractivity contribution in [3.63, 3.8) is 0 Å². The normalized spacial score (nSPS) is 23.6. The van der Waals surface area contributed by atoms with E-state index in [4.69, 9.17) is 14.6 Å². The first-order chi connectivity index (χ1) is 8.29. The van der Waals surface area contributed by atoms with Crippen molar-refractivity contribution in [1.29, 1.82) is 0 Å². The molecule has 5 heteroatoms. The van der Waals surface area contributed by atoms with Gasteiger partial charge in [0, 0.05) is 12.7 Å². The lowest BCUT2D eigenvalue weighted by atomic mass is 10.1. The maximum Gasteiger partial charge on any atom is 0.213 e. The highest BCUT2D eigenvalue weighted by atomic mass is 16.5. The Labute approximate surface area is 101 Å². The van der Waals surface area contributed by atoms with Gasteiger partial charge in [0.15, 0.2) is 0 Å². The first kappa shape index (κ1) is 12.1. The number of aliphatic hydroxyl groups is 1. The van der Waals surface area contributed by atoms with Gasteiger partial charge in [0.1, 0.15) is 6.61 Å². The largest absolute Gasteiger partial charge is 0.475 e. The quantitative estimate of drug-likeness (QED) is 0.802. The van der Waals surface area contributed by atoms with E-state index in [0.717, 1.165) is 18.7 Å². The molecule has 94 valence electrons. The van der Waals surface area contributed by atoms with Crippen LogP contribution < -0.4 is 10.1 Å². The van der Waals surface area contributed by atoms with Crippen LogP contribution in [0.2, 0.25) is 0 Å². The van der Waals surface area contributed by atoms with Crippen molar-refractivity contribution in [2.75, 3.05) is 25.1 Å². The summed E-state index contributed by atoms with van der Waals surface area (Å²) in [6.45, 7) is 3.15. The summed E-state index contributed by atoms with van der Waals surface area (Å²) in [5, 5.41) is 12.0. The average molecular weight is 238 g/mol. The van der Waals surface area contributed by atoms with Crippen LogP contribution in [0.1, 0.15) is 13.3 Å². The van der Waals surface area contributed by atoms with Gasteiger partial charge in [-0.2, -0.15) is 0 Å². The predicted molar refractivity (Wildman–Crippen MR) is 64.3 cm³/mol. The average Bonchev–Trinajstić information content (AvgIpc) is 2.74. The lowest BCUT2D eigenvalue weighted by Crippen LogP contribution is -2.26. The van der Waals surface area contributed by atoms with Crippen molar-refractivity contribution in [2.24, 2.45) is 0 Å².